The molecule has 0 aliphatic carbocycles. The van der Waals surface area contributed by atoms with Gasteiger partial charge >= 0.3 is 0 Å². The van der Waals surface area contributed by atoms with Crippen LogP contribution in [0.4, 0.5) is 10.1 Å². The first-order chi connectivity index (χ1) is 11.0. The van der Waals surface area contributed by atoms with Crippen LogP contribution in [0.25, 0.3) is 0 Å². The number of nitrogens with one attached hydrogen (secondary N) is 1. The number of halogens is 2. The summed E-state index contributed by atoms with van der Waals surface area (Å²) in [6.45, 7) is 0.314. The molecular formula is C17H14ClFN2O2. The van der Waals surface area contributed by atoms with Gasteiger partial charge in [0, 0.05) is 29.2 Å². The molecule has 23 heavy (non-hydrogen) atoms. The van der Waals surface area contributed by atoms with E-state index in [1.54, 1.807) is 36.4 Å². The topological polar surface area (TPSA) is 49.4 Å². The highest BCUT2D eigenvalue weighted by Gasteiger charge is 2.31. The van der Waals surface area contributed by atoms with Gasteiger partial charge in [-0.05, 0) is 36.4 Å². The predicted octanol–water partition coefficient (Wildman–Crippen LogP) is 3.01. The van der Waals surface area contributed by atoms with Gasteiger partial charge in [0.15, 0.2) is 0 Å². The van der Waals surface area contributed by atoms with Gasteiger partial charge in [0.25, 0.3) is 5.91 Å². The van der Waals surface area contributed by atoms with Gasteiger partial charge in [0.1, 0.15) is 5.82 Å². The van der Waals surface area contributed by atoms with Crippen LogP contribution in [-0.2, 0) is 4.79 Å². The van der Waals surface area contributed by atoms with Gasteiger partial charge < -0.3 is 10.2 Å². The van der Waals surface area contributed by atoms with Crippen molar-refractivity contribution in [3.05, 3.63) is 64.9 Å². The number of amides is 2. The average molecular weight is 333 g/mol. The van der Waals surface area contributed by atoms with Crippen molar-refractivity contribution in [3.63, 3.8) is 0 Å². The molecule has 1 N–H and O–H groups in total. The van der Waals surface area contributed by atoms with E-state index in [4.69, 9.17) is 11.6 Å². The standard InChI is InChI=1S/C17H14ClFN2O2/c18-12-4-1-3-11(7-12)17(23)20-14-9-16(22)21(10-14)15-6-2-5-13(19)8-15/h1-8,14H,9-10H2,(H,20,23). The maximum absolute atomic E-state index is 13.3. The molecule has 1 aliphatic heterocycles. The highest BCUT2D eigenvalue weighted by molar-refractivity contribution is 6.30. The van der Waals surface area contributed by atoms with E-state index in [-0.39, 0.29) is 24.3 Å². The molecule has 1 heterocycles. The highest BCUT2D eigenvalue weighted by Crippen LogP contribution is 2.22. The molecule has 0 aromatic heterocycles. The largest absolute Gasteiger partial charge is 0.347 e. The quantitative estimate of drug-likeness (QED) is 0.939. The molecular weight excluding hydrogens is 319 g/mol. The third kappa shape index (κ3) is 3.51. The first-order valence-electron chi connectivity index (χ1n) is 7.15. The maximum Gasteiger partial charge on any atom is 0.251 e. The van der Waals surface area contributed by atoms with Gasteiger partial charge in [0.2, 0.25) is 5.91 Å². The van der Waals surface area contributed by atoms with Crippen LogP contribution in [0.3, 0.4) is 0 Å². The second-order valence-corrected chi connectivity index (χ2v) is 5.81. The number of rotatable bonds is 3. The normalized spacial score (nSPS) is 17.4. The summed E-state index contributed by atoms with van der Waals surface area (Å²) in [5.74, 6) is -0.833. The van der Waals surface area contributed by atoms with Crippen LogP contribution in [0.15, 0.2) is 48.5 Å². The Morgan fingerprint density at radius 1 is 1.22 bits per heavy atom. The van der Waals surface area contributed by atoms with Gasteiger partial charge in [-0.2, -0.15) is 0 Å². The number of carbonyl (C=O) groups excluding carboxylic acids is 2. The first-order valence-corrected chi connectivity index (χ1v) is 7.53. The summed E-state index contributed by atoms with van der Waals surface area (Å²) >= 11 is 5.87. The fraction of sp³-hybridized carbons (Fsp3) is 0.176. The second-order valence-electron chi connectivity index (χ2n) is 5.37. The van der Waals surface area contributed by atoms with Crippen molar-refractivity contribution in [2.75, 3.05) is 11.4 Å². The molecule has 2 aromatic carbocycles. The molecule has 3 rings (SSSR count). The fourth-order valence-corrected chi connectivity index (χ4v) is 2.79. The molecule has 0 saturated carbocycles. The molecule has 1 fully saturated rings. The van der Waals surface area contributed by atoms with Gasteiger partial charge in [-0.15, -0.1) is 0 Å². The van der Waals surface area contributed by atoms with Crippen LogP contribution in [0.2, 0.25) is 5.02 Å². The monoisotopic (exact) mass is 332 g/mol. The Labute approximate surface area is 137 Å². The van der Waals surface area contributed by atoms with E-state index in [0.717, 1.165) is 0 Å². The zero-order chi connectivity index (χ0) is 16.4. The first kappa shape index (κ1) is 15.5. The third-order valence-electron chi connectivity index (χ3n) is 3.67. The zero-order valence-corrected chi connectivity index (χ0v) is 12.9. The molecule has 6 heteroatoms. The van der Waals surface area contributed by atoms with Crippen molar-refractivity contribution < 1.29 is 14.0 Å². The molecule has 2 amide bonds. The van der Waals surface area contributed by atoms with E-state index < -0.39 is 5.82 Å². The Hall–Kier alpha value is -2.40. The minimum Gasteiger partial charge on any atom is -0.347 e. The molecule has 2 aromatic rings. The van der Waals surface area contributed by atoms with Crippen molar-refractivity contribution in [1.29, 1.82) is 0 Å². The molecule has 0 radical (unpaired) electrons. The summed E-state index contributed by atoms with van der Waals surface area (Å²) in [5, 5.41) is 3.29. The number of anilines is 1. The summed E-state index contributed by atoms with van der Waals surface area (Å²) in [7, 11) is 0. The number of hydrogen-bond donors (Lipinski definition) is 1. The van der Waals surface area contributed by atoms with Crippen molar-refractivity contribution in [3.8, 4) is 0 Å². The van der Waals surface area contributed by atoms with E-state index >= 15 is 0 Å². The average Bonchev–Trinajstić information content (AvgIpc) is 2.88. The lowest BCUT2D eigenvalue weighted by Crippen LogP contribution is -2.37. The van der Waals surface area contributed by atoms with Gasteiger partial charge in [0.05, 0.1) is 6.04 Å². The van der Waals surface area contributed by atoms with Gasteiger partial charge in [-0.3, -0.25) is 9.59 Å². The molecule has 1 saturated heterocycles. The van der Waals surface area contributed by atoms with Crippen LogP contribution in [0.1, 0.15) is 16.8 Å². The van der Waals surface area contributed by atoms with Crippen LogP contribution < -0.4 is 10.2 Å². The summed E-state index contributed by atoms with van der Waals surface area (Å²) in [6, 6.07) is 12.1. The summed E-state index contributed by atoms with van der Waals surface area (Å²) < 4.78 is 13.3. The highest BCUT2D eigenvalue weighted by atomic mass is 35.5. The zero-order valence-electron chi connectivity index (χ0n) is 12.1. The second kappa shape index (κ2) is 6.38. The van der Waals surface area contributed by atoms with E-state index in [9.17, 15) is 14.0 Å². The molecule has 1 atom stereocenters. The Balaban J connectivity index is 1.69. The molecule has 1 aliphatic rings. The van der Waals surface area contributed by atoms with Crippen molar-refractivity contribution in [2.45, 2.75) is 12.5 Å². The SMILES string of the molecule is O=C(NC1CC(=O)N(c2cccc(F)c2)C1)c1cccc(Cl)c1. The van der Waals surface area contributed by atoms with Crippen molar-refractivity contribution >= 4 is 29.1 Å². The Morgan fingerprint density at radius 2 is 2.00 bits per heavy atom. The van der Waals surface area contributed by atoms with E-state index in [0.29, 0.717) is 22.8 Å². The molecule has 118 valence electrons. The molecule has 0 bridgehead atoms. The lowest BCUT2D eigenvalue weighted by atomic mass is 10.2. The van der Waals surface area contributed by atoms with Gasteiger partial charge in [-0.25, -0.2) is 4.39 Å². The Morgan fingerprint density at radius 3 is 2.74 bits per heavy atom. The Bertz CT molecular complexity index is 766. The lowest BCUT2D eigenvalue weighted by Gasteiger charge is -2.17. The minimum atomic E-state index is -0.401. The number of nitrogens with zero attached hydrogens (tertiary/aromatic N) is 1. The third-order valence-corrected chi connectivity index (χ3v) is 3.90. The predicted molar refractivity (Wildman–Crippen MR) is 86.1 cm³/mol. The number of carbonyl (C=O) groups is 2. The van der Waals surface area contributed by atoms with Crippen LogP contribution >= 0.6 is 11.6 Å². The summed E-state index contributed by atoms with van der Waals surface area (Å²) in [5.41, 5.74) is 0.934. The minimum absolute atomic E-state index is 0.146. The van der Waals surface area contributed by atoms with E-state index in [1.165, 1.54) is 17.0 Å². The maximum atomic E-state index is 13.3. The Kier molecular flexibility index (Phi) is 4.30. The fourth-order valence-electron chi connectivity index (χ4n) is 2.60. The number of benzene rings is 2. The molecule has 4 nitrogen and oxygen atoms in total. The lowest BCUT2D eigenvalue weighted by molar-refractivity contribution is -0.117. The van der Waals surface area contributed by atoms with Gasteiger partial charge in [-0.1, -0.05) is 23.7 Å². The van der Waals surface area contributed by atoms with Crippen LogP contribution in [0.5, 0.6) is 0 Å². The molecule has 1 unspecified atom stereocenters. The summed E-state index contributed by atoms with van der Waals surface area (Å²) in [4.78, 5) is 25.8. The van der Waals surface area contributed by atoms with Crippen LogP contribution in [0, 0.1) is 5.82 Å². The summed E-state index contributed by atoms with van der Waals surface area (Å²) in [6.07, 6.45) is 0.183. The van der Waals surface area contributed by atoms with Crippen molar-refractivity contribution in [2.24, 2.45) is 0 Å². The smallest absolute Gasteiger partial charge is 0.251 e. The van der Waals surface area contributed by atoms with Crippen LogP contribution in [-0.4, -0.2) is 24.4 Å². The number of hydrogen-bond acceptors (Lipinski definition) is 2. The molecule has 0 spiro atoms. The van der Waals surface area contributed by atoms with Crippen molar-refractivity contribution in [1.82, 2.24) is 5.32 Å². The van der Waals surface area contributed by atoms with E-state index in [1.807, 2.05) is 0 Å². The van der Waals surface area contributed by atoms with E-state index in [2.05, 4.69) is 5.32 Å².